The van der Waals surface area contributed by atoms with Crippen molar-refractivity contribution < 1.29 is 15.0 Å². The monoisotopic (exact) mass is 299 g/mol. The molecule has 0 aliphatic carbocycles. The fourth-order valence-electron chi connectivity index (χ4n) is 1.92. The third kappa shape index (κ3) is 2.79. The number of phenolic OH excluding ortho intramolecular Hbond substituents is 1. The zero-order chi connectivity index (χ0) is 12.4. The van der Waals surface area contributed by atoms with E-state index in [4.69, 9.17) is 0 Å². The van der Waals surface area contributed by atoms with Crippen LogP contribution in [0.15, 0.2) is 22.7 Å². The zero-order valence-electron chi connectivity index (χ0n) is 9.27. The molecule has 0 saturated carbocycles. The van der Waals surface area contributed by atoms with Gasteiger partial charge in [0.2, 0.25) is 0 Å². The van der Waals surface area contributed by atoms with Gasteiger partial charge in [0.1, 0.15) is 5.75 Å². The summed E-state index contributed by atoms with van der Waals surface area (Å²) in [5, 5.41) is 19.1. The number of likely N-dealkylation sites (tertiary alicyclic amines) is 1. The van der Waals surface area contributed by atoms with Crippen LogP contribution >= 0.6 is 15.9 Å². The van der Waals surface area contributed by atoms with E-state index in [-0.39, 0.29) is 17.8 Å². The van der Waals surface area contributed by atoms with Crippen molar-refractivity contribution in [2.45, 2.75) is 18.9 Å². The van der Waals surface area contributed by atoms with Gasteiger partial charge in [-0.1, -0.05) is 15.9 Å². The molecule has 1 aliphatic rings. The topological polar surface area (TPSA) is 60.8 Å². The van der Waals surface area contributed by atoms with Crippen molar-refractivity contribution >= 4 is 21.8 Å². The molecule has 0 radical (unpaired) electrons. The molecular weight excluding hydrogens is 286 g/mol. The molecule has 0 spiro atoms. The molecule has 1 aliphatic heterocycles. The first-order valence-corrected chi connectivity index (χ1v) is 6.33. The highest BCUT2D eigenvalue weighted by Crippen LogP contribution is 2.24. The maximum Gasteiger partial charge on any atom is 0.257 e. The highest BCUT2D eigenvalue weighted by molar-refractivity contribution is 9.10. The van der Waals surface area contributed by atoms with Crippen LogP contribution in [0.4, 0.5) is 0 Å². The average molecular weight is 300 g/mol. The Kier molecular flexibility index (Phi) is 3.69. The summed E-state index contributed by atoms with van der Waals surface area (Å²) in [6.45, 7) is 1.07. The minimum atomic E-state index is -0.310. The summed E-state index contributed by atoms with van der Waals surface area (Å²) in [6.07, 6.45) is 0.885. The van der Waals surface area contributed by atoms with Crippen LogP contribution in [0.25, 0.3) is 0 Å². The van der Waals surface area contributed by atoms with Crippen LogP contribution in [0.2, 0.25) is 0 Å². The lowest BCUT2D eigenvalue weighted by molar-refractivity contribution is 0.0544. The van der Waals surface area contributed by atoms with E-state index in [0.29, 0.717) is 31.5 Å². The van der Waals surface area contributed by atoms with Crippen LogP contribution in [-0.4, -0.2) is 40.2 Å². The van der Waals surface area contributed by atoms with Crippen LogP contribution in [0, 0.1) is 0 Å². The van der Waals surface area contributed by atoms with Gasteiger partial charge in [-0.2, -0.15) is 0 Å². The quantitative estimate of drug-likeness (QED) is 0.830. The molecule has 4 nitrogen and oxygen atoms in total. The van der Waals surface area contributed by atoms with E-state index in [1.807, 2.05) is 0 Å². The number of halogens is 1. The van der Waals surface area contributed by atoms with Gasteiger partial charge in [-0.25, -0.2) is 0 Å². The van der Waals surface area contributed by atoms with Crippen LogP contribution in [0.5, 0.6) is 5.75 Å². The van der Waals surface area contributed by atoms with Gasteiger partial charge in [-0.3, -0.25) is 4.79 Å². The van der Waals surface area contributed by atoms with E-state index in [0.717, 1.165) is 4.47 Å². The smallest absolute Gasteiger partial charge is 0.257 e. The summed E-state index contributed by atoms with van der Waals surface area (Å²) in [6, 6.07) is 4.80. The number of carbonyl (C=O) groups excluding carboxylic acids is 1. The summed E-state index contributed by atoms with van der Waals surface area (Å²) in [4.78, 5) is 13.8. The third-order valence-electron chi connectivity index (χ3n) is 2.94. The molecule has 1 aromatic rings. The predicted molar refractivity (Wildman–Crippen MR) is 67.0 cm³/mol. The van der Waals surface area contributed by atoms with Gasteiger partial charge in [-0.15, -0.1) is 0 Å². The fourth-order valence-corrected chi connectivity index (χ4v) is 2.28. The fraction of sp³-hybridized carbons (Fsp3) is 0.417. The normalized spacial score (nSPS) is 17.2. The summed E-state index contributed by atoms with van der Waals surface area (Å²) < 4.78 is 0.760. The second-order valence-corrected chi connectivity index (χ2v) is 5.10. The molecule has 0 atom stereocenters. The van der Waals surface area contributed by atoms with Crippen molar-refractivity contribution in [2.24, 2.45) is 0 Å². The second-order valence-electron chi connectivity index (χ2n) is 4.18. The SMILES string of the molecule is O=C(c1cc(Br)ccc1O)N1CCC(O)CC1. The Balaban J connectivity index is 2.16. The average Bonchev–Trinajstić information content (AvgIpc) is 2.32. The van der Waals surface area contributed by atoms with E-state index in [1.165, 1.54) is 6.07 Å². The number of hydrogen-bond donors (Lipinski definition) is 2. The summed E-state index contributed by atoms with van der Waals surface area (Å²) in [5.74, 6) is -0.194. The predicted octanol–water partition coefficient (Wildman–Crippen LogP) is 1.75. The molecule has 1 aromatic carbocycles. The third-order valence-corrected chi connectivity index (χ3v) is 3.43. The van der Waals surface area contributed by atoms with Crippen molar-refractivity contribution in [1.29, 1.82) is 0 Å². The molecule has 0 unspecified atom stereocenters. The summed E-state index contributed by atoms with van der Waals surface area (Å²) in [5.41, 5.74) is 0.302. The van der Waals surface area contributed by atoms with Gasteiger partial charge >= 0.3 is 0 Å². The number of benzene rings is 1. The van der Waals surface area contributed by atoms with Crippen LogP contribution in [0.3, 0.4) is 0 Å². The number of aliphatic hydroxyl groups excluding tert-OH is 1. The van der Waals surface area contributed by atoms with E-state index < -0.39 is 0 Å². The zero-order valence-corrected chi connectivity index (χ0v) is 10.9. The van der Waals surface area contributed by atoms with Crippen molar-refractivity contribution in [1.82, 2.24) is 4.90 Å². The molecule has 1 fully saturated rings. The highest BCUT2D eigenvalue weighted by atomic mass is 79.9. The number of aliphatic hydroxyl groups is 1. The second kappa shape index (κ2) is 5.06. The van der Waals surface area contributed by atoms with E-state index in [2.05, 4.69) is 15.9 Å². The van der Waals surface area contributed by atoms with E-state index in [1.54, 1.807) is 17.0 Å². The summed E-state index contributed by atoms with van der Waals surface area (Å²) in [7, 11) is 0. The lowest BCUT2D eigenvalue weighted by Gasteiger charge is -2.29. The first-order chi connectivity index (χ1) is 8.08. The maximum atomic E-state index is 12.1. The Morgan fingerprint density at radius 3 is 2.65 bits per heavy atom. The van der Waals surface area contributed by atoms with Crippen molar-refractivity contribution in [3.63, 3.8) is 0 Å². The first kappa shape index (κ1) is 12.4. The lowest BCUT2D eigenvalue weighted by atomic mass is 10.1. The molecular formula is C12H14BrNO3. The Labute approximate surface area is 108 Å². The van der Waals surface area contributed by atoms with Gasteiger partial charge < -0.3 is 15.1 Å². The van der Waals surface area contributed by atoms with Gasteiger partial charge in [0.25, 0.3) is 5.91 Å². The molecule has 2 rings (SSSR count). The lowest BCUT2D eigenvalue weighted by Crippen LogP contribution is -2.40. The molecule has 1 saturated heterocycles. The van der Waals surface area contributed by atoms with Crippen LogP contribution in [0.1, 0.15) is 23.2 Å². The number of piperidine rings is 1. The molecule has 0 bridgehead atoms. The molecule has 92 valence electrons. The number of hydrogen-bond acceptors (Lipinski definition) is 3. The minimum absolute atomic E-state index is 0.00989. The number of carbonyl (C=O) groups is 1. The first-order valence-electron chi connectivity index (χ1n) is 5.54. The highest BCUT2D eigenvalue weighted by Gasteiger charge is 2.24. The van der Waals surface area contributed by atoms with Gasteiger partial charge in [-0.05, 0) is 31.0 Å². The number of phenols is 1. The number of amides is 1. The molecule has 1 amide bonds. The largest absolute Gasteiger partial charge is 0.507 e. The summed E-state index contributed by atoms with van der Waals surface area (Å²) >= 11 is 3.28. The standard InChI is InChI=1S/C12H14BrNO3/c13-8-1-2-11(16)10(7-8)12(17)14-5-3-9(15)4-6-14/h1-2,7,9,15-16H,3-6H2. The van der Waals surface area contributed by atoms with E-state index >= 15 is 0 Å². The Hall–Kier alpha value is -1.07. The van der Waals surface area contributed by atoms with E-state index in [9.17, 15) is 15.0 Å². The maximum absolute atomic E-state index is 12.1. The molecule has 2 N–H and O–H groups in total. The Bertz CT molecular complexity index is 428. The number of aromatic hydroxyl groups is 1. The van der Waals surface area contributed by atoms with Gasteiger partial charge in [0.15, 0.2) is 0 Å². The Morgan fingerprint density at radius 1 is 1.35 bits per heavy atom. The number of rotatable bonds is 1. The van der Waals surface area contributed by atoms with Crippen molar-refractivity contribution in [2.75, 3.05) is 13.1 Å². The van der Waals surface area contributed by atoms with Crippen molar-refractivity contribution in [3.8, 4) is 5.75 Å². The molecule has 0 aromatic heterocycles. The van der Waals surface area contributed by atoms with Crippen LogP contribution < -0.4 is 0 Å². The Morgan fingerprint density at radius 2 is 2.00 bits per heavy atom. The van der Waals surface area contributed by atoms with Crippen LogP contribution in [-0.2, 0) is 0 Å². The number of nitrogens with zero attached hydrogens (tertiary/aromatic N) is 1. The minimum Gasteiger partial charge on any atom is -0.507 e. The van der Waals surface area contributed by atoms with Crippen molar-refractivity contribution in [3.05, 3.63) is 28.2 Å². The molecule has 1 heterocycles. The van der Waals surface area contributed by atoms with Gasteiger partial charge in [0, 0.05) is 17.6 Å². The molecule has 5 heteroatoms. The molecule has 17 heavy (non-hydrogen) atoms. The van der Waals surface area contributed by atoms with Gasteiger partial charge in [0.05, 0.1) is 11.7 Å².